The van der Waals surface area contributed by atoms with E-state index < -0.39 is 5.91 Å². The van der Waals surface area contributed by atoms with Gasteiger partial charge in [-0.3, -0.25) is 14.3 Å². The Bertz CT molecular complexity index is 1350. The predicted molar refractivity (Wildman–Crippen MR) is 132 cm³/mol. The van der Waals surface area contributed by atoms with Gasteiger partial charge in [0.1, 0.15) is 5.02 Å². The summed E-state index contributed by atoms with van der Waals surface area (Å²) in [6.45, 7) is 2.29. The summed E-state index contributed by atoms with van der Waals surface area (Å²) in [5.74, 6) is -0.540. The molecule has 0 unspecified atom stereocenters. The zero-order chi connectivity index (χ0) is 23.5. The lowest BCUT2D eigenvalue weighted by molar-refractivity contribution is 0.0996. The molecule has 0 aliphatic heterocycles. The first-order valence-electron chi connectivity index (χ1n) is 10.0. The maximum atomic E-state index is 13.0. The molecule has 0 radical (unpaired) electrons. The van der Waals surface area contributed by atoms with Crippen molar-refractivity contribution in [3.8, 4) is 0 Å². The van der Waals surface area contributed by atoms with E-state index in [1.54, 1.807) is 65.5 Å². The van der Waals surface area contributed by atoms with E-state index >= 15 is 0 Å². The zero-order valence-electron chi connectivity index (χ0n) is 17.5. The van der Waals surface area contributed by atoms with Crippen LogP contribution in [0.4, 0.5) is 5.82 Å². The van der Waals surface area contributed by atoms with E-state index in [4.69, 9.17) is 34.8 Å². The van der Waals surface area contributed by atoms with Gasteiger partial charge < -0.3 is 5.32 Å². The Hall–Kier alpha value is -3.12. The summed E-state index contributed by atoms with van der Waals surface area (Å²) in [6.07, 6.45) is 1.59. The number of ketones is 1. The number of amides is 1. The molecule has 0 bridgehead atoms. The summed E-state index contributed by atoms with van der Waals surface area (Å²) in [4.78, 5) is 26.0. The average molecular weight is 499 g/mol. The second-order valence-corrected chi connectivity index (χ2v) is 8.70. The molecule has 4 rings (SSSR count). The zero-order valence-corrected chi connectivity index (χ0v) is 19.7. The summed E-state index contributed by atoms with van der Waals surface area (Å²) in [5.41, 5.74) is 2.87. The van der Waals surface area contributed by atoms with Crippen LogP contribution in [0, 0.1) is 6.92 Å². The van der Waals surface area contributed by atoms with Crippen molar-refractivity contribution in [1.29, 1.82) is 0 Å². The number of hydrogen-bond acceptors (Lipinski definition) is 3. The van der Waals surface area contributed by atoms with Crippen molar-refractivity contribution in [1.82, 2.24) is 9.78 Å². The minimum atomic E-state index is -0.484. The Kier molecular flexibility index (Phi) is 6.84. The molecule has 3 aromatic carbocycles. The molecule has 0 fully saturated rings. The Morgan fingerprint density at radius 1 is 0.909 bits per heavy atom. The van der Waals surface area contributed by atoms with Crippen molar-refractivity contribution < 1.29 is 9.59 Å². The van der Waals surface area contributed by atoms with Crippen molar-refractivity contribution in [3.05, 3.63) is 116 Å². The maximum absolute atomic E-state index is 13.0. The molecule has 0 atom stereocenters. The SMILES string of the molecule is Cc1ccc(C(=O)c2ccccc2C(=O)Nc2nn(Cc3ccc(Cl)cc3Cl)cc2Cl)cc1. The first kappa shape index (κ1) is 23.1. The number of carbonyl (C=O) groups is 2. The summed E-state index contributed by atoms with van der Waals surface area (Å²) < 4.78 is 1.57. The molecule has 1 aromatic heterocycles. The number of anilines is 1. The van der Waals surface area contributed by atoms with E-state index in [9.17, 15) is 9.59 Å². The van der Waals surface area contributed by atoms with Gasteiger partial charge in [-0.25, -0.2) is 0 Å². The Balaban J connectivity index is 1.56. The molecule has 4 aromatic rings. The third-order valence-corrected chi connectivity index (χ3v) is 5.89. The highest BCUT2D eigenvalue weighted by molar-refractivity contribution is 6.35. The molecule has 0 spiro atoms. The molecule has 0 aliphatic carbocycles. The normalized spacial score (nSPS) is 10.8. The van der Waals surface area contributed by atoms with E-state index in [-0.39, 0.29) is 22.2 Å². The summed E-state index contributed by atoms with van der Waals surface area (Å²) in [7, 11) is 0. The predicted octanol–water partition coefficient (Wildman–Crippen LogP) is 6.68. The van der Waals surface area contributed by atoms with Crippen LogP contribution in [0.25, 0.3) is 0 Å². The number of nitrogens with zero attached hydrogens (tertiary/aromatic N) is 2. The second-order valence-electron chi connectivity index (χ2n) is 7.45. The standard InChI is InChI=1S/C25H18Cl3N3O2/c1-15-6-8-16(9-7-15)23(32)19-4-2-3-5-20(19)25(33)29-24-22(28)14-31(30-24)13-17-10-11-18(26)12-21(17)27/h2-12,14H,13H2,1H3,(H,29,30,33). The number of hydrogen-bond donors (Lipinski definition) is 1. The minimum absolute atomic E-state index is 0.185. The van der Waals surface area contributed by atoms with Crippen molar-refractivity contribution in [2.75, 3.05) is 5.32 Å². The van der Waals surface area contributed by atoms with E-state index in [0.29, 0.717) is 27.7 Å². The number of rotatable bonds is 6. The van der Waals surface area contributed by atoms with Crippen LogP contribution in [-0.4, -0.2) is 21.5 Å². The van der Waals surface area contributed by atoms with Crippen LogP contribution in [0.3, 0.4) is 0 Å². The molecule has 1 N–H and O–H groups in total. The Morgan fingerprint density at radius 2 is 1.61 bits per heavy atom. The highest BCUT2D eigenvalue weighted by atomic mass is 35.5. The average Bonchev–Trinajstić information content (AvgIpc) is 3.14. The van der Waals surface area contributed by atoms with Crippen LogP contribution < -0.4 is 5.32 Å². The third-order valence-electron chi connectivity index (χ3n) is 5.03. The summed E-state index contributed by atoms with van der Waals surface area (Å²) >= 11 is 18.5. The topological polar surface area (TPSA) is 64.0 Å². The highest BCUT2D eigenvalue weighted by Gasteiger charge is 2.20. The largest absolute Gasteiger partial charge is 0.304 e. The quantitative estimate of drug-likeness (QED) is 0.301. The van der Waals surface area contributed by atoms with Gasteiger partial charge in [-0.15, -0.1) is 0 Å². The molecule has 0 saturated heterocycles. The number of aromatic nitrogens is 2. The van der Waals surface area contributed by atoms with E-state index in [1.165, 1.54) is 0 Å². The van der Waals surface area contributed by atoms with Crippen LogP contribution >= 0.6 is 34.8 Å². The van der Waals surface area contributed by atoms with Crippen LogP contribution in [0.15, 0.2) is 72.9 Å². The van der Waals surface area contributed by atoms with Crippen LogP contribution in [-0.2, 0) is 6.54 Å². The van der Waals surface area contributed by atoms with Gasteiger partial charge in [0.2, 0.25) is 0 Å². The summed E-state index contributed by atoms with van der Waals surface area (Å²) in [6, 6.07) is 19.0. The van der Waals surface area contributed by atoms with Crippen LogP contribution in [0.5, 0.6) is 0 Å². The molecule has 1 amide bonds. The summed E-state index contributed by atoms with van der Waals surface area (Å²) in [5, 5.41) is 8.35. The second kappa shape index (κ2) is 9.79. The molecule has 8 heteroatoms. The van der Waals surface area contributed by atoms with Gasteiger partial charge in [0.25, 0.3) is 5.91 Å². The number of aryl methyl sites for hydroxylation is 1. The molecule has 166 valence electrons. The van der Waals surface area contributed by atoms with Crippen molar-refractivity contribution in [2.24, 2.45) is 0 Å². The molecule has 5 nitrogen and oxygen atoms in total. The van der Waals surface area contributed by atoms with Gasteiger partial charge in [0, 0.05) is 27.4 Å². The van der Waals surface area contributed by atoms with Crippen molar-refractivity contribution in [3.63, 3.8) is 0 Å². The lowest BCUT2D eigenvalue weighted by Gasteiger charge is -2.09. The van der Waals surface area contributed by atoms with E-state index in [1.807, 2.05) is 19.1 Å². The van der Waals surface area contributed by atoms with Gasteiger partial charge in [-0.2, -0.15) is 5.10 Å². The Morgan fingerprint density at radius 3 is 2.30 bits per heavy atom. The maximum Gasteiger partial charge on any atom is 0.257 e. The highest BCUT2D eigenvalue weighted by Crippen LogP contribution is 2.25. The van der Waals surface area contributed by atoms with Crippen LogP contribution in [0.2, 0.25) is 15.1 Å². The first-order chi connectivity index (χ1) is 15.8. The fourth-order valence-corrected chi connectivity index (χ4v) is 3.97. The van der Waals surface area contributed by atoms with E-state index in [2.05, 4.69) is 10.4 Å². The number of halogens is 3. The monoisotopic (exact) mass is 497 g/mol. The van der Waals surface area contributed by atoms with Gasteiger partial charge in [0.05, 0.1) is 12.1 Å². The van der Waals surface area contributed by atoms with E-state index in [0.717, 1.165) is 11.1 Å². The molecular formula is C25H18Cl3N3O2. The molecule has 0 saturated carbocycles. The molecular weight excluding hydrogens is 481 g/mol. The smallest absolute Gasteiger partial charge is 0.257 e. The number of carbonyl (C=O) groups excluding carboxylic acids is 2. The third kappa shape index (κ3) is 5.28. The minimum Gasteiger partial charge on any atom is -0.304 e. The van der Waals surface area contributed by atoms with Gasteiger partial charge in [-0.05, 0) is 30.7 Å². The lowest BCUT2D eigenvalue weighted by Crippen LogP contribution is -2.17. The molecule has 1 heterocycles. The number of nitrogens with one attached hydrogen (secondary N) is 1. The van der Waals surface area contributed by atoms with Crippen LogP contribution in [0.1, 0.15) is 37.4 Å². The lowest BCUT2D eigenvalue weighted by atomic mass is 9.97. The van der Waals surface area contributed by atoms with Gasteiger partial charge in [-0.1, -0.05) is 88.9 Å². The van der Waals surface area contributed by atoms with Crippen molar-refractivity contribution >= 4 is 52.3 Å². The van der Waals surface area contributed by atoms with Gasteiger partial charge >= 0.3 is 0 Å². The first-order valence-corrected chi connectivity index (χ1v) is 11.1. The number of benzene rings is 3. The fourth-order valence-electron chi connectivity index (χ4n) is 3.30. The van der Waals surface area contributed by atoms with Gasteiger partial charge in [0.15, 0.2) is 11.6 Å². The Labute approximate surface area is 205 Å². The molecule has 33 heavy (non-hydrogen) atoms. The van der Waals surface area contributed by atoms with Crippen molar-refractivity contribution in [2.45, 2.75) is 13.5 Å². The fraction of sp³-hybridized carbons (Fsp3) is 0.0800. The molecule has 0 aliphatic rings.